The monoisotopic (exact) mass is 404 g/mol. The molecular formula is C17H13BrN2O3S. The van der Waals surface area contributed by atoms with Crippen molar-refractivity contribution in [2.24, 2.45) is 5.10 Å². The third-order valence-electron chi connectivity index (χ3n) is 3.36. The second-order valence-electron chi connectivity index (χ2n) is 4.94. The van der Waals surface area contributed by atoms with E-state index in [4.69, 9.17) is 21.7 Å². The van der Waals surface area contributed by atoms with E-state index in [0.29, 0.717) is 22.2 Å². The molecule has 24 heavy (non-hydrogen) atoms. The van der Waals surface area contributed by atoms with Gasteiger partial charge in [0.05, 0.1) is 7.11 Å². The highest BCUT2D eigenvalue weighted by molar-refractivity contribution is 9.10. The van der Waals surface area contributed by atoms with Crippen LogP contribution in [0.2, 0.25) is 0 Å². The standard InChI is InChI=1S/C17H13BrN2O3S/c1-22-14-7-5-11(6-8-14)17(21)20-15(24)10-23-16(19-20)12-3-2-4-13(18)9-12/h2-9H,10H2,1H3. The molecule has 1 heterocycles. The molecule has 5 nitrogen and oxygen atoms in total. The molecule has 0 atom stereocenters. The number of hydrogen-bond donors (Lipinski definition) is 0. The average Bonchev–Trinajstić information content (AvgIpc) is 2.61. The van der Waals surface area contributed by atoms with E-state index in [1.807, 2.05) is 24.3 Å². The first-order valence-corrected chi connectivity index (χ1v) is 8.27. The number of carbonyl (C=O) groups excluding carboxylic acids is 1. The predicted molar refractivity (Wildman–Crippen MR) is 98.4 cm³/mol. The van der Waals surface area contributed by atoms with Gasteiger partial charge in [-0.05, 0) is 42.5 Å². The molecule has 3 rings (SSSR count). The lowest BCUT2D eigenvalue weighted by Crippen LogP contribution is -2.39. The summed E-state index contributed by atoms with van der Waals surface area (Å²) in [5.41, 5.74) is 1.23. The number of thiocarbonyl (C=S) groups is 1. The van der Waals surface area contributed by atoms with Crippen LogP contribution in [0.1, 0.15) is 15.9 Å². The van der Waals surface area contributed by atoms with E-state index in [9.17, 15) is 4.79 Å². The Morgan fingerprint density at radius 3 is 2.71 bits per heavy atom. The van der Waals surface area contributed by atoms with Crippen molar-refractivity contribution in [3.63, 3.8) is 0 Å². The lowest BCUT2D eigenvalue weighted by Gasteiger charge is -2.24. The van der Waals surface area contributed by atoms with Gasteiger partial charge in [-0.2, -0.15) is 5.01 Å². The molecular weight excluding hydrogens is 392 g/mol. The van der Waals surface area contributed by atoms with Crippen molar-refractivity contribution in [2.45, 2.75) is 0 Å². The van der Waals surface area contributed by atoms with Crippen LogP contribution in [0, 0.1) is 0 Å². The molecule has 0 radical (unpaired) electrons. The van der Waals surface area contributed by atoms with Gasteiger partial charge in [-0.15, -0.1) is 5.10 Å². The minimum Gasteiger partial charge on any atom is -0.497 e. The third-order valence-corrected chi connectivity index (χ3v) is 4.14. The number of halogens is 1. The number of methoxy groups -OCH3 is 1. The van der Waals surface area contributed by atoms with Crippen LogP contribution in [0.25, 0.3) is 0 Å². The van der Waals surface area contributed by atoms with Crippen molar-refractivity contribution in [3.05, 3.63) is 64.1 Å². The summed E-state index contributed by atoms with van der Waals surface area (Å²) in [5, 5.41) is 5.48. The van der Waals surface area contributed by atoms with E-state index in [1.165, 1.54) is 5.01 Å². The second kappa shape index (κ2) is 7.11. The third kappa shape index (κ3) is 3.47. The Morgan fingerprint density at radius 2 is 2.04 bits per heavy atom. The minimum atomic E-state index is -0.307. The van der Waals surface area contributed by atoms with Crippen LogP contribution in [0.5, 0.6) is 5.75 Å². The van der Waals surface area contributed by atoms with Crippen LogP contribution < -0.4 is 4.74 Å². The molecule has 0 unspecified atom stereocenters. The van der Waals surface area contributed by atoms with E-state index >= 15 is 0 Å². The molecule has 2 aromatic rings. The fourth-order valence-electron chi connectivity index (χ4n) is 2.14. The van der Waals surface area contributed by atoms with Gasteiger partial charge in [-0.1, -0.05) is 34.2 Å². The number of nitrogens with zero attached hydrogens (tertiary/aromatic N) is 2. The van der Waals surface area contributed by atoms with Gasteiger partial charge in [-0.3, -0.25) is 4.79 Å². The normalized spacial score (nSPS) is 14.0. The fourth-order valence-corrected chi connectivity index (χ4v) is 2.73. The van der Waals surface area contributed by atoms with E-state index in [0.717, 1.165) is 10.0 Å². The smallest absolute Gasteiger partial charge is 0.279 e. The summed E-state index contributed by atoms with van der Waals surface area (Å²) in [6, 6.07) is 14.3. The molecule has 0 bridgehead atoms. The molecule has 122 valence electrons. The summed E-state index contributed by atoms with van der Waals surface area (Å²) in [6.07, 6.45) is 0. The topological polar surface area (TPSA) is 51.1 Å². The number of ether oxygens (including phenoxy) is 2. The minimum absolute atomic E-state index is 0.128. The number of rotatable bonds is 3. The zero-order valence-electron chi connectivity index (χ0n) is 12.7. The van der Waals surface area contributed by atoms with Gasteiger partial charge in [0.25, 0.3) is 5.91 Å². The van der Waals surface area contributed by atoms with Crippen molar-refractivity contribution in [2.75, 3.05) is 13.7 Å². The van der Waals surface area contributed by atoms with Gasteiger partial charge in [0.1, 0.15) is 17.3 Å². The Hall–Kier alpha value is -2.25. The second-order valence-corrected chi connectivity index (χ2v) is 6.33. The lowest BCUT2D eigenvalue weighted by molar-refractivity contribution is 0.0833. The van der Waals surface area contributed by atoms with Gasteiger partial charge in [0, 0.05) is 15.6 Å². The molecule has 1 aliphatic rings. The molecule has 0 fully saturated rings. The number of carbonyl (C=O) groups is 1. The average molecular weight is 405 g/mol. The van der Waals surface area contributed by atoms with E-state index < -0.39 is 0 Å². The number of hydrazone groups is 1. The van der Waals surface area contributed by atoms with Gasteiger partial charge in [0.15, 0.2) is 0 Å². The molecule has 2 aromatic carbocycles. The van der Waals surface area contributed by atoms with Gasteiger partial charge in [-0.25, -0.2) is 0 Å². The molecule has 1 amide bonds. The number of hydrogen-bond acceptors (Lipinski definition) is 5. The van der Waals surface area contributed by atoms with Crippen molar-refractivity contribution >= 4 is 44.9 Å². The Morgan fingerprint density at radius 1 is 1.29 bits per heavy atom. The zero-order valence-corrected chi connectivity index (χ0v) is 15.1. The van der Waals surface area contributed by atoms with Crippen LogP contribution in [0.4, 0.5) is 0 Å². The molecule has 0 saturated heterocycles. The summed E-state index contributed by atoms with van der Waals surface area (Å²) in [6.45, 7) is 0.128. The highest BCUT2D eigenvalue weighted by atomic mass is 79.9. The van der Waals surface area contributed by atoms with Crippen LogP contribution in [0.3, 0.4) is 0 Å². The van der Waals surface area contributed by atoms with Crippen molar-refractivity contribution in [1.82, 2.24) is 5.01 Å². The summed E-state index contributed by atoms with van der Waals surface area (Å²) in [5.74, 6) is 0.722. The Bertz CT molecular complexity index is 821. The largest absolute Gasteiger partial charge is 0.497 e. The predicted octanol–water partition coefficient (Wildman–Crippen LogP) is 3.62. The van der Waals surface area contributed by atoms with Crippen LogP contribution in [-0.4, -0.2) is 35.5 Å². The fraction of sp³-hybridized carbons (Fsp3) is 0.118. The highest BCUT2D eigenvalue weighted by Gasteiger charge is 2.26. The first kappa shape index (κ1) is 16.6. The number of benzene rings is 2. The molecule has 0 aliphatic carbocycles. The molecule has 7 heteroatoms. The van der Waals surface area contributed by atoms with Gasteiger partial charge < -0.3 is 9.47 Å². The zero-order chi connectivity index (χ0) is 17.1. The highest BCUT2D eigenvalue weighted by Crippen LogP contribution is 2.19. The van der Waals surface area contributed by atoms with Crippen molar-refractivity contribution < 1.29 is 14.3 Å². The van der Waals surface area contributed by atoms with E-state index in [1.54, 1.807) is 31.4 Å². The Labute approximate surface area is 153 Å². The molecule has 0 N–H and O–H groups in total. The van der Waals surface area contributed by atoms with E-state index in [2.05, 4.69) is 21.0 Å². The molecule has 0 saturated carbocycles. The maximum absolute atomic E-state index is 12.7. The maximum atomic E-state index is 12.7. The van der Waals surface area contributed by atoms with Crippen LogP contribution >= 0.6 is 28.1 Å². The summed E-state index contributed by atoms with van der Waals surface area (Å²) < 4.78 is 11.6. The number of amides is 1. The molecule has 1 aliphatic heterocycles. The van der Waals surface area contributed by atoms with Gasteiger partial charge >= 0.3 is 0 Å². The van der Waals surface area contributed by atoms with Crippen LogP contribution in [0.15, 0.2) is 58.1 Å². The first-order valence-electron chi connectivity index (χ1n) is 7.07. The first-order chi connectivity index (χ1) is 11.6. The quantitative estimate of drug-likeness (QED) is 0.733. The molecule has 0 spiro atoms. The van der Waals surface area contributed by atoms with Crippen molar-refractivity contribution in [1.29, 1.82) is 0 Å². The Kier molecular flexibility index (Phi) is 4.92. The maximum Gasteiger partial charge on any atom is 0.279 e. The van der Waals surface area contributed by atoms with Crippen molar-refractivity contribution in [3.8, 4) is 5.75 Å². The van der Waals surface area contributed by atoms with Gasteiger partial charge in [0.2, 0.25) is 5.90 Å². The lowest BCUT2D eigenvalue weighted by atomic mass is 10.2. The SMILES string of the molecule is COc1ccc(C(=O)N2N=C(c3cccc(Br)c3)OCC2=S)cc1. The van der Waals surface area contributed by atoms with Crippen LogP contribution in [-0.2, 0) is 4.74 Å². The summed E-state index contributed by atoms with van der Waals surface area (Å²) >= 11 is 8.63. The molecule has 0 aromatic heterocycles. The Balaban J connectivity index is 1.91. The van der Waals surface area contributed by atoms with E-state index in [-0.39, 0.29) is 12.5 Å². The summed E-state index contributed by atoms with van der Waals surface area (Å²) in [7, 11) is 1.57. The summed E-state index contributed by atoms with van der Waals surface area (Å²) in [4.78, 5) is 13.0.